The van der Waals surface area contributed by atoms with Gasteiger partial charge in [-0.25, -0.2) is 23.7 Å². The highest BCUT2D eigenvalue weighted by Gasteiger charge is 2.31. The van der Waals surface area contributed by atoms with E-state index in [1.807, 2.05) is 26.8 Å². The van der Waals surface area contributed by atoms with E-state index in [9.17, 15) is 8.78 Å². The molecule has 2 aromatic heterocycles. The number of hydrogen-bond acceptors (Lipinski definition) is 8. The topological polar surface area (TPSA) is 78.4 Å². The van der Waals surface area contributed by atoms with Crippen molar-refractivity contribution in [3.8, 4) is 17.0 Å². The molecule has 1 atom stereocenters. The van der Waals surface area contributed by atoms with E-state index in [1.165, 1.54) is 12.5 Å². The van der Waals surface area contributed by atoms with E-state index in [-0.39, 0.29) is 29.5 Å². The first-order chi connectivity index (χ1) is 17.6. The van der Waals surface area contributed by atoms with Crippen LogP contribution in [0.2, 0.25) is 0 Å². The first-order valence-electron chi connectivity index (χ1n) is 12.7. The molecule has 0 amide bonds. The summed E-state index contributed by atoms with van der Waals surface area (Å²) in [5.41, 5.74) is 1.10. The van der Waals surface area contributed by atoms with Gasteiger partial charge in [0.15, 0.2) is 5.82 Å². The highest BCUT2D eigenvalue weighted by Crippen LogP contribution is 2.41. The van der Waals surface area contributed by atoms with Crippen molar-refractivity contribution in [3.05, 3.63) is 48.3 Å². The van der Waals surface area contributed by atoms with E-state index in [1.54, 1.807) is 18.3 Å². The van der Waals surface area contributed by atoms with E-state index in [2.05, 4.69) is 49.2 Å². The summed E-state index contributed by atoms with van der Waals surface area (Å²) in [5.74, 6) is 0.201. The van der Waals surface area contributed by atoms with Gasteiger partial charge in [0.1, 0.15) is 28.7 Å². The number of fused-ring (bicyclic) bond motifs is 1. The predicted octanol–water partition coefficient (Wildman–Crippen LogP) is 5.41. The van der Waals surface area contributed by atoms with Crippen LogP contribution in [0, 0.1) is 11.6 Å². The van der Waals surface area contributed by atoms with Crippen molar-refractivity contribution in [2.45, 2.75) is 58.8 Å². The summed E-state index contributed by atoms with van der Waals surface area (Å²) in [6.07, 6.45) is 3.87. The quantitative estimate of drug-likeness (QED) is 0.417. The number of aromatic nitrogens is 3. The summed E-state index contributed by atoms with van der Waals surface area (Å²) in [6, 6.07) is 6.76. The zero-order valence-corrected chi connectivity index (χ0v) is 21.8. The van der Waals surface area contributed by atoms with Gasteiger partial charge in [-0.2, -0.15) is 0 Å². The minimum Gasteiger partial charge on any atom is -0.485 e. The number of anilines is 4. The van der Waals surface area contributed by atoms with E-state index >= 15 is 0 Å². The zero-order chi connectivity index (χ0) is 26.3. The Hall–Kier alpha value is -3.53. The summed E-state index contributed by atoms with van der Waals surface area (Å²) in [5, 5.41) is 6.16. The molecule has 3 aromatic rings. The third-order valence-electron chi connectivity index (χ3n) is 6.62. The molecule has 0 saturated carbocycles. The maximum Gasteiger partial charge on any atom is 0.229 e. The molecular formula is C27H33F2N7O. The summed E-state index contributed by atoms with van der Waals surface area (Å²) in [4.78, 5) is 17.2. The van der Waals surface area contributed by atoms with Crippen molar-refractivity contribution < 1.29 is 13.5 Å². The third kappa shape index (κ3) is 5.29. The second-order valence-corrected chi connectivity index (χ2v) is 10.6. The molecule has 2 aliphatic rings. The van der Waals surface area contributed by atoms with Crippen LogP contribution >= 0.6 is 0 Å². The van der Waals surface area contributed by atoms with Crippen molar-refractivity contribution in [2.24, 2.45) is 0 Å². The Kier molecular flexibility index (Phi) is 6.61. The van der Waals surface area contributed by atoms with Crippen LogP contribution in [0.15, 0.2) is 36.7 Å². The molecule has 5 rings (SSSR count). The molecule has 0 aliphatic carbocycles. The molecule has 196 valence electrons. The molecule has 0 bridgehead atoms. The lowest BCUT2D eigenvalue weighted by Gasteiger charge is -2.38. The number of nitrogens with one attached hydrogen (secondary N) is 2. The summed E-state index contributed by atoms with van der Waals surface area (Å²) in [7, 11) is 0. The first-order valence-corrected chi connectivity index (χ1v) is 12.7. The lowest BCUT2D eigenvalue weighted by molar-refractivity contribution is 0.0350. The molecule has 1 aromatic carbocycles. The minimum atomic E-state index is -0.638. The Morgan fingerprint density at radius 1 is 1.14 bits per heavy atom. The lowest BCUT2D eigenvalue weighted by atomic mass is 10.1. The van der Waals surface area contributed by atoms with Crippen LogP contribution in [0.1, 0.15) is 41.0 Å². The molecular weight excluding hydrogens is 476 g/mol. The molecule has 1 unspecified atom stereocenters. The lowest BCUT2D eigenvalue weighted by Crippen LogP contribution is -2.48. The van der Waals surface area contributed by atoms with Crippen molar-refractivity contribution in [1.82, 2.24) is 19.9 Å². The normalized spacial score (nSPS) is 17.4. The highest BCUT2D eigenvalue weighted by atomic mass is 19.1. The van der Waals surface area contributed by atoms with Gasteiger partial charge in [0.2, 0.25) is 5.95 Å². The number of halogens is 2. The summed E-state index contributed by atoms with van der Waals surface area (Å²) in [6.45, 7) is 13.2. The largest absolute Gasteiger partial charge is 0.485 e. The zero-order valence-electron chi connectivity index (χ0n) is 21.8. The van der Waals surface area contributed by atoms with Gasteiger partial charge in [0.25, 0.3) is 0 Å². The van der Waals surface area contributed by atoms with E-state index in [4.69, 9.17) is 4.74 Å². The number of nitrogens with zero attached hydrogens (tertiary/aromatic N) is 5. The Morgan fingerprint density at radius 3 is 2.57 bits per heavy atom. The second kappa shape index (κ2) is 9.74. The standard InChI is InChI=1S/C27H33F2N7O/c1-16(2)36-17(3)32-25-20(28)11-18(12-22(25)36)24-21(29)14-31-26(34-24)33-23-8-7-19(13-30-23)37-27(4,5)15-35-9-6-10-35/h7-8,11-14,16-17,32H,6,9-10,15H2,1-5H3,(H,30,31,33,34). The van der Waals surface area contributed by atoms with E-state index in [0.29, 0.717) is 28.5 Å². The van der Waals surface area contributed by atoms with Crippen LogP contribution < -0.4 is 20.3 Å². The van der Waals surface area contributed by atoms with Crippen LogP contribution in [0.3, 0.4) is 0 Å². The van der Waals surface area contributed by atoms with Crippen LogP contribution in [-0.2, 0) is 0 Å². The van der Waals surface area contributed by atoms with Crippen molar-refractivity contribution >= 4 is 23.1 Å². The second-order valence-electron chi connectivity index (χ2n) is 10.6. The number of pyridine rings is 1. The number of ether oxygens (including phenoxy) is 1. The molecule has 1 saturated heterocycles. The number of rotatable bonds is 8. The van der Waals surface area contributed by atoms with Crippen molar-refractivity contribution in [1.29, 1.82) is 0 Å². The van der Waals surface area contributed by atoms with Crippen LogP contribution in [0.25, 0.3) is 11.3 Å². The van der Waals surface area contributed by atoms with Gasteiger partial charge in [0, 0.05) is 18.2 Å². The molecule has 4 heterocycles. The van der Waals surface area contributed by atoms with E-state index in [0.717, 1.165) is 25.8 Å². The number of benzene rings is 1. The Morgan fingerprint density at radius 2 is 1.92 bits per heavy atom. The van der Waals surface area contributed by atoms with Gasteiger partial charge in [0.05, 0.1) is 29.9 Å². The van der Waals surface area contributed by atoms with Gasteiger partial charge in [-0.05, 0) is 78.4 Å². The Bertz CT molecular complexity index is 1280. The van der Waals surface area contributed by atoms with Gasteiger partial charge in [-0.1, -0.05) is 0 Å². The molecule has 0 radical (unpaired) electrons. The van der Waals surface area contributed by atoms with Crippen LogP contribution in [0.4, 0.5) is 31.9 Å². The number of hydrogen-bond donors (Lipinski definition) is 2. The molecule has 2 N–H and O–H groups in total. The third-order valence-corrected chi connectivity index (χ3v) is 6.62. The molecule has 37 heavy (non-hydrogen) atoms. The van der Waals surface area contributed by atoms with Crippen LogP contribution in [0.5, 0.6) is 5.75 Å². The maximum atomic E-state index is 15.0. The molecule has 1 fully saturated rings. The maximum absolute atomic E-state index is 15.0. The average Bonchev–Trinajstić information content (AvgIpc) is 3.15. The fourth-order valence-electron chi connectivity index (χ4n) is 4.98. The molecule has 10 heteroatoms. The number of likely N-dealkylation sites (tertiary alicyclic amines) is 1. The summed E-state index contributed by atoms with van der Waals surface area (Å²) >= 11 is 0. The Balaban J connectivity index is 1.34. The SMILES string of the molecule is CC(C)N1c2cc(-c3nc(Nc4ccc(OC(C)(C)CN5CCC5)cn4)ncc3F)cc(F)c2NC1C. The van der Waals surface area contributed by atoms with E-state index < -0.39 is 11.6 Å². The van der Waals surface area contributed by atoms with Gasteiger partial charge in [-0.3, -0.25) is 4.90 Å². The molecule has 2 aliphatic heterocycles. The van der Waals surface area contributed by atoms with Crippen molar-refractivity contribution in [2.75, 3.05) is 35.2 Å². The Labute approximate surface area is 216 Å². The summed E-state index contributed by atoms with van der Waals surface area (Å²) < 4.78 is 35.9. The average molecular weight is 510 g/mol. The fraction of sp³-hybridized carbons (Fsp3) is 0.444. The van der Waals surface area contributed by atoms with Crippen LogP contribution in [-0.4, -0.2) is 57.3 Å². The van der Waals surface area contributed by atoms with Gasteiger partial charge >= 0.3 is 0 Å². The van der Waals surface area contributed by atoms with Gasteiger partial charge in [-0.15, -0.1) is 0 Å². The fourth-order valence-corrected chi connectivity index (χ4v) is 4.98. The smallest absolute Gasteiger partial charge is 0.229 e. The first kappa shape index (κ1) is 25.1. The predicted molar refractivity (Wildman–Crippen MR) is 141 cm³/mol. The monoisotopic (exact) mass is 509 g/mol. The van der Waals surface area contributed by atoms with Crippen molar-refractivity contribution in [3.63, 3.8) is 0 Å². The molecule has 8 nitrogen and oxygen atoms in total. The molecule has 0 spiro atoms. The highest BCUT2D eigenvalue weighted by molar-refractivity contribution is 5.82. The minimum absolute atomic E-state index is 0.00940. The van der Waals surface area contributed by atoms with Gasteiger partial charge < -0.3 is 20.3 Å².